The van der Waals surface area contributed by atoms with E-state index in [-0.39, 0.29) is 0 Å². The van der Waals surface area contributed by atoms with Crippen LogP contribution in [0.1, 0.15) is 22.6 Å². The third kappa shape index (κ3) is 2.85. The first kappa shape index (κ1) is 13.5. The molecule has 0 bridgehead atoms. The van der Waals surface area contributed by atoms with Crippen LogP contribution in [0.25, 0.3) is 5.82 Å². The van der Waals surface area contributed by atoms with Gasteiger partial charge >= 0.3 is 0 Å². The van der Waals surface area contributed by atoms with E-state index >= 15 is 0 Å². The number of nitrogens with zero attached hydrogens (tertiary/aromatic N) is 4. The van der Waals surface area contributed by atoms with Crippen molar-refractivity contribution < 1.29 is 4.42 Å². The van der Waals surface area contributed by atoms with Crippen LogP contribution in [0.5, 0.6) is 0 Å². The standard InChI is InChI=1S/C15H17N5O/c1-11-14(8-16-7-13-9-21-10-18-13)12(2)20(19-11)15-5-3-4-6-17-15/h3-6,9-10,16H,7-8H2,1-2H3. The lowest BCUT2D eigenvalue weighted by molar-refractivity contribution is 0.554. The highest BCUT2D eigenvalue weighted by Crippen LogP contribution is 2.16. The molecule has 6 nitrogen and oxygen atoms in total. The SMILES string of the molecule is Cc1nn(-c2ccccn2)c(C)c1CNCc1cocn1. The molecule has 3 aromatic rings. The molecule has 0 aliphatic rings. The number of aryl methyl sites for hydroxylation is 1. The van der Waals surface area contributed by atoms with Crippen LogP contribution < -0.4 is 5.32 Å². The zero-order valence-corrected chi connectivity index (χ0v) is 12.1. The number of hydrogen-bond donors (Lipinski definition) is 1. The fourth-order valence-electron chi connectivity index (χ4n) is 2.27. The summed E-state index contributed by atoms with van der Waals surface area (Å²) >= 11 is 0. The molecular formula is C15H17N5O. The van der Waals surface area contributed by atoms with Crippen LogP contribution in [-0.2, 0) is 13.1 Å². The third-order valence-corrected chi connectivity index (χ3v) is 3.40. The van der Waals surface area contributed by atoms with Gasteiger partial charge in [-0.2, -0.15) is 5.10 Å². The lowest BCUT2D eigenvalue weighted by atomic mass is 10.2. The topological polar surface area (TPSA) is 68.8 Å². The molecule has 0 amide bonds. The molecular weight excluding hydrogens is 266 g/mol. The van der Waals surface area contributed by atoms with Gasteiger partial charge in [-0.3, -0.25) is 0 Å². The monoisotopic (exact) mass is 283 g/mol. The predicted octanol–water partition coefficient (Wildman–Crippen LogP) is 2.16. The highest BCUT2D eigenvalue weighted by molar-refractivity contribution is 5.32. The Hall–Kier alpha value is -2.47. The predicted molar refractivity (Wildman–Crippen MR) is 77.9 cm³/mol. The van der Waals surface area contributed by atoms with Gasteiger partial charge in [0.2, 0.25) is 0 Å². The van der Waals surface area contributed by atoms with E-state index in [0.717, 1.165) is 29.4 Å². The van der Waals surface area contributed by atoms with E-state index in [1.807, 2.05) is 29.8 Å². The molecule has 0 aliphatic heterocycles. The molecule has 0 aromatic carbocycles. The second-order valence-corrected chi connectivity index (χ2v) is 4.83. The average molecular weight is 283 g/mol. The zero-order chi connectivity index (χ0) is 14.7. The van der Waals surface area contributed by atoms with Crippen LogP contribution in [0.3, 0.4) is 0 Å². The van der Waals surface area contributed by atoms with E-state index in [1.54, 1.807) is 12.5 Å². The van der Waals surface area contributed by atoms with Gasteiger partial charge in [0.1, 0.15) is 6.26 Å². The molecule has 0 atom stereocenters. The van der Waals surface area contributed by atoms with Gasteiger partial charge < -0.3 is 9.73 Å². The lowest BCUT2D eigenvalue weighted by Gasteiger charge is -2.05. The summed E-state index contributed by atoms with van der Waals surface area (Å²) in [5.74, 6) is 0.834. The van der Waals surface area contributed by atoms with Crippen LogP contribution in [0.15, 0.2) is 41.5 Å². The normalized spacial score (nSPS) is 11.0. The Morgan fingerprint density at radius 3 is 2.81 bits per heavy atom. The van der Waals surface area contributed by atoms with Gasteiger partial charge in [0.25, 0.3) is 0 Å². The van der Waals surface area contributed by atoms with Crippen LogP contribution >= 0.6 is 0 Å². The second kappa shape index (κ2) is 5.88. The summed E-state index contributed by atoms with van der Waals surface area (Å²) in [4.78, 5) is 8.43. The molecule has 0 spiro atoms. The Labute approximate surface area is 122 Å². The van der Waals surface area contributed by atoms with Crippen molar-refractivity contribution in [1.29, 1.82) is 0 Å². The number of aromatic nitrogens is 4. The zero-order valence-electron chi connectivity index (χ0n) is 12.1. The van der Waals surface area contributed by atoms with Crippen molar-refractivity contribution in [3.05, 3.63) is 59.7 Å². The maximum Gasteiger partial charge on any atom is 0.180 e. The van der Waals surface area contributed by atoms with Crippen molar-refractivity contribution in [1.82, 2.24) is 25.1 Å². The second-order valence-electron chi connectivity index (χ2n) is 4.83. The molecule has 21 heavy (non-hydrogen) atoms. The minimum absolute atomic E-state index is 0.671. The highest BCUT2D eigenvalue weighted by atomic mass is 16.3. The lowest BCUT2D eigenvalue weighted by Crippen LogP contribution is -2.14. The molecule has 0 fully saturated rings. The Balaban J connectivity index is 1.75. The molecule has 108 valence electrons. The summed E-state index contributed by atoms with van der Waals surface area (Å²) < 4.78 is 6.83. The molecule has 0 radical (unpaired) electrons. The molecule has 3 aromatic heterocycles. The quantitative estimate of drug-likeness (QED) is 0.777. The molecule has 0 saturated heterocycles. The van der Waals surface area contributed by atoms with Crippen molar-refractivity contribution >= 4 is 0 Å². The molecule has 3 rings (SSSR count). The molecule has 0 unspecified atom stereocenters. The molecule has 0 aliphatic carbocycles. The summed E-state index contributed by atoms with van der Waals surface area (Å²) in [6, 6.07) is 5.81. The highest BCUT2D eigenvalue weighted by Gasteiger charge is 2.13. The number of oxazole rings is 1. The van der Waals surface area contributed by atoms with Crippen LogP contribution in [0.2, 0.25) is 0 Å². The van der Waals surface area contributed by atoms with Crippen LogP contribution in [-0.4, -0.2) is 19.7 Å². The van der Waals surface area contributed by atoms with E-state index in [4.69, 9.17) is 4.42 Å². The van der Waals surface area contributed by atoms with Gasteiger partial charge in [-0.15, -0.1) is 0 Å². The van der Waals surface area contributed by atoms with Crippen molar-refractivity contribution in [3.63, 3.8) is 0 Å². The fourth-order valence-corrected chi connectivity index (χ4v) is 2.27. The van der Waals surface area contributed by atoms with Gasteiger partial charge in [-0.1, -0.05) is 6.07 Å². The van der Waals surface area contributed by atoms with E-state index in [1.165, 1.54) is 12.0 Å². The summed E-state index contributed by atoms with van der Waals surface area (Å²) in [6.07, 6.45) is 4.85. The third-order valence-electron chi connectivity index (χ3n) is 3.40. The number of hydrogen-bond acceptors (Lipinski definition) is 5. The molecule has 1 N–H and O–H groups in total. The largest absolute Gasteiger partial charge is 0.451 e. The smallest absolute Gasteiger partial charge is 0.180 e. The van der Waals surface area contributed by atoms with Crippen LogP contribution in [0.4, 0.5) is 0 Å². The van der Waals surface area contributed by atoms with Crippen LogP contribution in [0, 0.1) is 13.8 Å². The summed E-state index contributed by atoms with van der Waals surface area (Å²) in [6.45, 7) is 5.48. The number of nitrogens with one attached hydrogen (secondary N) is 1. The molecule has 6 heteroatoms. The van der Waals surface area contributed by atoms with E-state index in [0.29, 0.717) is 6.54 Å². The Morgan fingerprint density at radius 1 is 1.19 bits per heavy atom. The van der Waals surface area contributed by atoms with Crippen molar-refractivity contribution in [2.75, 3.05) is 0 Å². The first-order chi connectivity index (χ1) is 10.3. The number of pyridine rings is 1. The van der Waals surface area contributed by atoms with Gasteiger partial charge in [0.15, 0.2) is 12.2 Å². The maximum absolute atomic E-state index is 4.95. The van der Waals surface area contributed by atoms with Gasteiger partial charge in [-0.25, -0.2) is 14.6 Å². The van der Waals surface area contributed by atoms with Gasteiger partial charge in [0.05, 0.1) is 11.4 Å². The first-order valence-corrected chi connectivity index (χ1v) is 6.80. The Morgan fingerprint density at radius 2 is 2.10 bits per heavy atom. The van der Waals surface area contributed by atoms with E-state index < -0.39 is 0 Å². The van der Waals surface area contributed by atoms with Crippen molar-refractivity contribution in [2.24, 2.45) is 0 Å². The van der Waals surface area contributed by atoms with E-state index in [9.17, 15) is 0 Å². The van der Waals surface area contributed by atoms with Crippen molar-refractivity contribution in [2.45, 2.75) is 26.9 Å². The molecule has 0 saturated carbocycles. The van der Waals surface area contributed by atoms with Gasteiger partial charge in [0, 0.05) is 30.5 Å². The first-order valence-electron chi connectivity index (χ1n) is 6.80. The minimum Gasteiger partial charge on any atom is -0.451 e. The van der Waals surface area contributed by atoms with E-state index in [2.05, 4.69) is 27.3 Å². The average Bonchev–Trinajstić information content (AvgIpc) is 3.11. The summed E-state index contributed by atoms with van der Waals surface area (Å²) in [7, 11) is 0. The maximum atomic E-state index is 4.95. The summed E-state index contributed by atoms with van der Waals surface area (Å²) in [5.41, 5.74) is 4.18. The van der Waals surface area contributed by atoms with Crippen molar-refractivity contribution in [3.8, 4) is 5.82 Å². The Bertz CT molecular complexity index is 703. The number of rotatable bonds is 5. The molecule has 3 heterocycles. The minimum atomic E-state index is 0.671. The Kier molecular flexibility index (Phi) is 3.79. The summed E-state index contributed by atoms with van der Waals surface area (Å²) in [5, 5.41) is 7.93. The van der Waals surface area contributed by atoms with Gasteiger partial charge in [-0.05, 0) is 26.0 Å². The fraction of sp³-hybridized carbons (Fsp3) is 0.267.